The molecule has 0 amide bonds. The van der Waals surface area contributed by atoms with E-state index in [1.807, 2.05) is 69.5 Å². The van der Waals surface area contributed by atoms with Crippen LogP contribution in [0, 0.1) is 0 Å². The number of nitrogens with one attached hydrogen (secondary N) is 1. The lowest BCUT2D eigenvalue weighted by Crippen LogP contribution is -2.41. The van der Waals surface area contributed by atoms with Crippen LogP contribution in [0.2, 0.25) is 0 Å². The second-order valence-electron chi connectivity index (χ2n) is 8.18. The zero-order valence-corrected chi connectivity index (χ0v) is 18.2. The number of hydrogen-bond acceptors (Lipinski definition) is 7. The Hall–Kier alpha value is -2.68. The van der Waals surface area contributed by atoms with Gasteiger partial charge in [0.05, 0.1) is 23.1 Å². The minimum atomic E-state index is -0.635. The molecule has 4 rings (SSSR count). The van der Waals surface area contributed by atoms with Crippen LogP contribution in [0.3, 0.4) is 0 Å². The van der Waals surface area contributed by atoms with Crippen molar-refractivity contribution in [1.29, 1.82) is 0 Å². The number of benzene rings is 2. The molecule has 0 aliphatic carbocycles. The lowest BCUT2D eigenvalue weighted by molar-refractivity contribution is 0.00578. The molecular weight excluding hydrogens is 397 g/mol. The van der Waals surface area contributed by atoms with Gasteiger partial charge in [0.2, 0.25) is 5.13 Å². The Morgan fingerprint density at radius 3 is 2.47 bits per heavy atom. The van der Waals surface area contributed by atoms with Gasteiger partial charge in [-0.1, -0.05) is 30.3 Å². The second kappa shape index (κ2) is 7.87. The topological polar surface area (TPSA) is 76.0 Å². The van der Waals surface area contributed by atoms with Crippen LogP contribution in [0.5, 0.6) is 5.75 Å². The molecule has 3 aromatic rings. The summed E-state index contributed by atoms with van der Waals surface area (Å²) in [7, 11) is -0.635. The van der Waals surface area contributed by atoms with Crippen molar-refractivity contribution in [2.75, 3.05) is 5.43 Å². The maximum Gasteiger partial charge on any atom is 0.498 e. The number of rotatable bonds is 5. The van der Waals surface area contributed by atoms with Gasteiger partial charge in [-0.2, -0.15) is 5.10 Å². The van der Waals surface area contributed by atoms with E-state index in [0.717, 1.165) is 16.8 Å². The standard InChI is InChI=1S/C22H24BN3O3S/c1-21(2)22(3,4)29-23(28-21)17-12-15(10-11-19(17)27)13-24-26-20-25-18(14-30-20)16-8-6-5-7-9-16/h5-14,27H,1-4H3,(H,25,26). The zero-order valence-electron chi connectivity index (χ0n) is 17.4. The minimum Gasteiger partial charge on any atom is -0.508 e. The highest BCUT2D eigenvalue weighted by Gasteiger charge is 2.52. The number of anilines is 1. The summed E-state index contributed by atoms with van der Waals surface area (Å²) in [4.78, 5) is 4.55. The van der Waals surface area contributed by atoms with E-state index in [-0.39, 0.29) is 5.75 Å². The Labute approximate surface area is 180 Å². The number of aromatic hydroxyl groups is 1. The summed E-state index contributed by atoms with van der Waals surface area (Å²) in [6, 6.07) is 15.2. The van der Waals surface area contributed by atoms with Gasteiger partial charge in [-0.25, -0.2) is 4.98 Å². The maximum absolute atomic E-state index is 10.3. The first-order valence-electron chi connectivity index (χ1n) is 9.74. The van der Waals surface area contributed by atoms with Crippen molar-refractivity contribution in [3.05, 3.63) is 59.5 Å². The molecule has 2 aromatic carbocycles. The van der Waals surface area contributed by atoms with Crippen molar-refractivity contribution >= 4 is 35.3 Å². The summed E-state index contributed by atoms with van der Waals surface area (Å²) < 4.78 is 12.1. The molecule has 0 unspecified atom stereocenters. The molecule has 30 heavy (non-hydrogen) atoms. The third-order valence-electron chi connectivity index (χ3n) is 5.51. The molecule has 2 N–H and O–H groups in total. The molecule has 2 heterocycles. The Morgan fingerprint density at radius 2 is 1.77 bits per heavy atom. The van der Waals surface area contributed by atoms with Crippen molar-refractivity contribution < 1.29 is 14.4 Å². The monoisotopic (exact) mass is 421 g/mol. The summed E-state index contributed by atoms with van der Waals surface area (Å²) in [6.07, 6.45) is 1.68. The molecule has 0 bridgehead atoms. The summed E-state index contributed by atoms with van der Waals surface area (Å²) in [5.41, 5.74) is 5.38. The molecule has 1 saturated heterocycles. The van der Waals surface area contributed by atoms with Crippen molar-refractivity contribution in [3.63, 3.8) is 0 Å². The van der Waals surface area contributed by atoms with Crippen LogP contribution in [-0.4, -0.2) is 34.6 Å². The first kappa shape index (κ1) is 20.6. The van der Waals surface area contributed by atoms with E-state index in [1.165, 1.54) is 11.3 Å². The summed E-state index contributed by atoms with van der Waals surface area (Å²) in [6.45, 7) is 7.93. The van der Waals surface area contributed by atoms with Gasteiger partial charge in [-0.3, -0.25) is 5.43 Å². The minimum absolute atomic E-state index is 0.131. The molecule has 154 valence electrons. The van der Waals surface area contributed by atoms with Gasteiger partial charge in [0.15, 0.2) is 0 Å². The van der Waals surface area contributed by atoms with Crippen LogP contribution in [0.1, 0.15) is 33.3 Å². The SMILES string of the molecule is CC1(C)OB(c2cc(C=NNc3nc(-c4ccccc4)cs3)ccc2O)OC1(C)C. The van der Waals surface area contributed by atoms with Crippen molar-refractivity contribution in [1.82, 2.24) is 4.98 Å². The number of aromatic nitrogens is 1. The predicted octanol–water partition coefficient (Wildman–Crippen LogP) is 4.26. The van der Waals surface area contributed by atoms with Gasteiger partial charge in [-0.05, 0) is 51.5 Å². The fourth-order valence-corrected chi connectivity index (χ4v) is 3.71. The van der Waals surface area contributed by atoms with E-state index in [9.17, 15) is 5.11 Å². The Kier molecular flexibility index (Phi) is 5.40. The fourth-order valence-electron chi connectivity index (χ4n) is 3.04. The smallest absolute Gasteiger partial charge is 0.498 e. The number of thiazole rings is 1. The fraction of sp³-hybridized carbons (Fsp3) is 0.273. The molecule has 0 radical (unpaired) electrons. The van der Waals surface area contributed by atoms with Gasteiger partial charge in [0.25, 0.3) is 0 Å². The van der Waals surface area contributed by atoms with Crippen LogP contribution >= 0.6 is 11.3 Å². The molecule has 1 aliphatic rings. The van der Waals surface area contributed by atoms with Gasteiger partial charge in [-0.15, -0.1) is 11.3 Å². The quantitative estimate of drug-likeness (QED) is 0.366. The van der Waals surface area contributed by atoms with Crippen LogP contribution < -0.4 is 10.9 Å². The van der Waals surface area contributed by atoms with Gasteiger partial charge in [0, 0.05) is 16.4 Å². The number of phenols is 1. The van der Waals surface area contributed by atoms with Gasteiger partial charge in [0.1, 0.15) is 5.75 Å². The molecule has 1 aromatic heterocycles. The Balaban J connectivity index is 1.46. The average molecular weight is 421 g/mol. The van der Waals surface area contributed by atoms with E-state index in [0.29, 0.717) is 10.6 Å². The molecule has 6 nitrogen and oxygen atoms in total. The van der Waals surface area contributed by atoms with Gasteiger partial charge >= 0.3 is 7.12 Å². The first-order valence-corrected chi connectivity index (χ1v) is 10.6. The Bertz CT molecular complexity index is 1050. The first-order chi connectivity index (χ1) is 14.2. The normalized spacial score (nSPS) is 17.5. The zero-order chi connectivity index (χ0) is 21.4. The number of hydrazone groups is 1. The van der Waals surface area contributed by atoms with E-state index in [2.05, 4.69) is 15.5 Å². The number of phenolic OH excluding ortho intramolecular Hbond substituents is 1. The van der Waals surface area contributed by atoms with Crippen LogP contribution in [0.4, 0.5) is 5.13 Å². The lowest BCUT2D eigenvalue weighted by atomic mass is 9.77. The van der Waals surface area contributed by atoms with Crippen molar-refractivity contribution in [3.8, 4) is 17.0 Å². The second-order valence-corrected chi connectivity index (χ2v) is 9.04. The van der Waals surface area contributed by atoms with Crippen LogP contribution in [0.15, 0.2) is 59.0 Å². The van der Waals surface area contributed by atoms with E-state index < -0.39 is 18.3 Å². The van der Waals surface area contributed by atoms with E-state index >= 15 is 0 Å². The molecular formula is C22H24BN3O3S. The van der Waals surface area contributed by atoms with Crippen molar-refractivity contribution in [2.24, 2.45) is 5.10 Å². The van der Waals surface area contributed by atoms with Crippen LogP contribution in [0.25, 0.3) is 11.3 Å². The highest BCUT2D eigenvalue weighted by atomic mass is 32.1. The molecule has 0 saturated carbocycles. The average Bonchev–Trinajstić information content (AvgIpc) is 3.26. The largest absolute Gasteiger partial charge is 0.508 e. The third-order valence-corrected chi connectivity index (χ3v) is 6.25. The van der Waals surface area contributed by atoms with Crippen molar-refractivity contribution in [2.45, 2.75) is 38.9 Å². The Morgan fingerprint density at radius 1 is 1.07 bits per heavy atom. The third kappa shape index (κ3) is 4.12. The molecule has 1 fully saturated rings. The molecule has 8 heteroatoms. The maximum atomic E-state index is 10.3. The summed E-state index contributed by atoms with van der Waals surface area (Å²) >= 11 is 1.49. The van der Waals surface area contributed by atoms with Crippen LogP contribution in [-0.2, 0) is 9.31 Å². The summed E-state index contributed by atoms with van der Waals surface area (Å²) in [5, 5.41) is 17.3. The predicted molar refractivity (Wildman–Crippen MR) is 123 cm³/mol. The highest BCUT2D eigenvalue weighted by Crippen LogP contribution is 2.37. The van der Waals surface area contributed by atoms with E-state index in [1.54, 1.807) is 18.3 Å². The highest BCUT2D eigenvalue weighted by molar-refractivity contribution is 7.14. The molecule has 1 aliphatic heterocycles. The number of hydrogen-bond donors (Lipinski definition) is 2. The lowest BCUT2D eigenvalue weighted by Gasteiger charge is -2.32. The van der Waals surface area contributed by atoms with Gasteiger partial charge < -0.3 is 14.4 Å². The molecule has 0 spiro atoms. The molecule has 0 atom stereocenters. The van der Waals surface area contributed by atoms with E-state index in [4.69, 9.17) is 9.31 Å². The number of nitrogens with zero attached hydrogens (tertiary/aromatic N) is 2. The summed E-state index contributed by atoms with van der Waals surface area (Å²) in [5.74, 6) is 0.131.